The number of hydrogen-bond acceptors (Lipinski definition) is 2. The van der Waals surface area contributed by atoms with Crippen molar-refractivity contribution in [2.45, 2.75) is 24.1 Å². The first-order valence-corrected chi connectivity index (χ1v) is 6.44. The van der Waals surface area contributed by atoms with E-state index in [2.05, 4.69) is 29.6 Å². The lowest BCUT2D eigenvalue weighted by molar-refractivity contribution is 0.743. The SMILES string of the molecule is c1ccc(C2NCCS2)c(C2CC2)c1. The molecular weight excluding hydrogens is 190 g/mol. The lowest BCUT2D eigenvalue weighted by Crippen LogP contribution is -2.13. The van der Waals surface area contributed by atoms with Gasteiger partial charge in [0, 0.05) is 12.3 Å². The Kier molecular flexibility index (Phi) is 2.26. The lowest BCUT2D eigenvalue weighted by Gasteiger charge is -2.14. The van der Waals surface area contributed by atoms with Crippen molar-refractivity contribution in [1.29, 1.82) is 0 Å². The molecule has 0 bridgehead atoms. The molecule has 1 aliphatic heterocycles. The molecule has 2 fully saturated rings. The zero-order chi connectivity index (χ0) is 9.38. The van der Waals surface area contributed by atoms with Crippen LogP contribution in [0.25, 0.3) is 0 Å². The van der Waals surface area contributed by atoms with Gasteiger partial charge in [0.1, 0.15) is 0 Å². The van der Waals surface area contributed by atoms with Crippen LogP contribution in [0, 0.1) is 0 Å². The Balaban J connectivity index is 1.94. The molecule has 74 valence electrons. The minimum atomic E-state index is 0.562. The minimum absolute atomic E-state index is 0.562. The molecule has 2 heteroatoms. The van der Waals surface area contributed by atoms with Crippen LogP contribution in [0.5, 0.6) is 0 Å². The first kappa shape index (κ1) is 8.81. The van der Waals surface area contributed by atoms with Crippen LogP contribution in [0.4, 0.5) is 0 Å². The lowest BCUT2D eigenvalue weighted by atomic mass is 10.0. The van der Waals surface area contributed by atoms with Gasteiger partial charge < -0.3 is 5.32 Å². The molecule has 1 heterocycles. The Labute approximate surface area is 89.3 Å². The third-order valence-electron chi connectivity index (χ3n) is 3.01. The molecule has 1 aromatic carbocycles. The Hall–Kier alpha value is -0.470. The van der Waals surface area contributed by atoms with Crippen molar-refractivity contribution >= 4 is 11.8 Å². The van der Waals surface area contributed by atoms with E-state index in [1.54, 1.807) is 5.56 Å². The van der Waals surface area contributed by atoms with Gasteiger partial charge in [-0.05, 0) is 29.9 Å². The summed E-state index contributed by atoms with van der Waals surface area (Å²) >= 11 is 2.04. The summed E-state index contributed by atoms with van der Waals surface area (Å²) in [5, 5.41) is 4.12. The van der Waals surface area contributed by atoms with E-state index in [1.165, 1.54) is 24.2 Å². The molecule has 0 spiro atoms. The first-order chi connectivity index (χ1) is 6.95. The standard InChI is InChI=1S/C12H15NS/c1-2-4-11(12-13-7-8-14-12)10(3-1)9-5-6-9/h1-4,9,12-13H,5-8H2. The van der Waals surface area contributed by atoms with Gasteiger partial charge in [-0.15, -0.1) is 11.8 Å². The Morgan fingerprint density at radius 3 is 2.57 bits per heavy atom. The maximum Gasteiger partial charge on any atom is 0.0792 e. The highest BCUT2D eigenvalue weighted by Gasteiger charge is 2.29. The summed E-state index contributed by atoms with van der Waals surface area (Å²) in [4.78, 5) is 0. The number of benzene rings is 1. The highest BCUT2D eigenvalue weighted by Crippen LogP contribution is 2.45. The number of rotatable bonds is 2. The second-order valence-corrected chi connectivity index (χ2v) is 5.32. The number of nitrogens with one attached hydrogen (secondary N) is 1. The van der Waals surface area contributed by atoms with Gasteiger partial charge in [-0.1, -0.05) is 24.3 Å². The van der Waals surface area contributed by atoms with Crippen LogP contribution in [0.15, 0.2) is 24.3 Å². The van der Waals surface area contributed by atoms with Gasteiger partial charge in [-0.2, -0.15) is 0 Å². The van der Waals surface area contributed by atoms with E-state index >= 15 is 0 Å². The largest absolute Gasteiger partial charge is 0.301 e. The smallest absolute Gasteiger partial charge is 0.0792 e. The van der Waals surface area contributed by atoms with Crippen molar-refractivity contribution in [3.63, 3.8) is 0 Å². The molecule has 1 aliphatic carbocycles. The zero-order valence-electron chi connectivity index (χ0n) is 8.20. The van der Waals surface area contributed by atoms with Crippen LogP contribution >= 0.6 is 11.8 Å². The van der Waals surface area contributed by atoms with E-state index in [-0.39, 0.29) is 0 Å². The average Bonchev–Trinajstić information content (AvgIpc) is 2.94. The molecule has 0 amide bonds. The van der Waals surface area contributed by atoms with Gasteiger partial charge in [0.05, 0.1) is 5.37 Å². The maximum atomic E-state index is 3.56. The molecule has 1 nitrogen and oxygen atoms in total. The fraction of sp³-hybridized carbons (Fsp3) is 0.500. The van der Waals surface area contributed by atoms with Gasteiger partial charge >= 0.3 is 0 Å². The highest BCUT2D eigenvalue weighted by atomic mass is 32.2. The molecule has 14 heavy (non-hydrogen) atoms. The van der Waals surface area contributed by atoms with Crippen LogP contribution < -0.4 is 5.32 Å². The summed E-state index contributed by atoms with van der Waals surface area (Å²) in [6.45, 7) is 1.16. The predicted molar refractivity (Wildman–Crippen MR) is 61.6 cm³/mol. The second kappa shape index (κ2) is 3.59. The number of hydrogen-bond donors (Lipinski definition) is 1. The fourth-order valence-corrected chi connectivity index (χ4v) is 3.24. The summed E-state index contributed by atoms with van der Waals surface area (Å²) in [6.07, 6.45) is 2.79. The van der Waals surface area contributed by atoms with Crippen molar-refractivity contribution in [2.75, 3.05) is 12.3 Å². The van der Waals surface area contributed by atoms with Gasteiger partial charge in [-0.3, -0.25) is 0 Å². The van der Waals surface area contributed by atoms with Gasteiger partial charge in [0.25, 0.3) is 0 Å². The van der Waals surface area contributed by atoms with Crippen molar-refractivity contribution in [3.8, 4) is 0 Å². The van der Waals surface area contributed by atoms with Crippen molar-refractivity contribution < 1.29 is 0 Å². The quantitative estimate of drug-likeness (QED) is 0.796. The Bertz CT molecular complexity index is 327. The third-order valence-corrected chi connectivity index (χ3v) is 4.21. The van der Waals surface area contributed by atoms with E-state index in [0.29, 0.717) is 5.37 Å². The maximum absolute atomic E-state index is 3.56. The topological polar surface area (TPSA) is 12.0 Å². The molecule has 3 rings (SSSR count). The summed E-state index contributed by atoms with van der Waals surface area (Å²) in [7, 11) is 0. The summed E-state index contributed by atoms with van der Waals surface area (Å²) in [5.41, 5.74) is 3.14. The first-order valence-electron chi connectivity index (χ1n) is 5.39. The van der Waals surface area contributed by atoms with E-state index in [9.17, 15) is 0 Å². The number of thioether (sulfide) groups is 1. The van der Waals surface area contributed by atoms with Gasteiger partial charge in [0.15, 0.2) is 0 Å². The van der Waals surface area contributed by atoms with Crippen LogP contribution in [0.1, 0.15) is 35.3 Å². The van der Waals surface area contributed by atoms with Crippen molar-refractivity contribution in [2.24, 2.45) is 0 Å². The Morgan fingerprint density at radius 1 is 1.14 bits per heavy atom. The molecule has 1 atom stereocenters. The van der Waals surface area contributed by atoms with Gasteiger partial charge in [-0.25, -0.2) is 0 Å². The van der Waals surface area contributed by atoms with Crippen LogP contribution in [-0.4, -0.2) is 12.3 Å². The van der Waals surface area contributed by atoms with Crippen LogP contribution in [0.2, 0.25) is 0 Å². The zero-order valence-corrected chi connectivity index (χ0v) is 9.02. The molecule has 1 aromatic rings. The molecule has 1 N–H and O–H groups in total. The molecular formula is C12H15NS. The molecule has 1 unspecified atom stereocenters. The van der Waals surface area contributed by atoms with Crippen molar-refractivity contribution in [3.05, 3.63) is 35.4 Å². The van der Waals surface area contributed by atoms with E-state index in [0.717, 1.165) is 12.5 Å². The fourth-order valence-electron chi connectivity index (χ4n) is 2.14. The summed E-state index contributed by atoms with van der Waals surface area (Å²) < 4.78 is 0. The van der Waals surface area contributed by atoms with Crippen LogP contribution in [0.3, 0.4) is 0 Å². The normalized spacial score (nSPS) is 26.7. The monoisotopic (exact) mass is 205 g/mol. The van der Waals surface area contributed by atoms with E-state index in [1.807, 2.05) is 11.8 Å². The molecule has 1 saturated carbocycles. The van der Waals surface area contributed by atoms with Crippen LogP contribution in [-0.2, 0) is 0 Å². The van der Waals surface area contributed by atoms with Gasteiger partial charge in [0.2, 0.25) is 0 Å². The molecule has 0 radical (unpaired) electrons. The summed E-state index contributed by atoms with van der Waals surface area (Å²) in [6, 6.07) is 8.95. The molecule has 0 aromatic heterocycles. The Morgan fingerprint density at radius 2 is 1.93 bits per heavy atom. The molecule has 2 aliphatic rings. The summed E-state index contributed by atoms with van der Waals surface area (Å²) in [5.74, 6) is 2.12. The highest BCUT2D eigenvalue weighted by molar-refractivity contribution is 7.99. The average molecular weight is 205 g/mol. The molecule has 1 saturated heterocycles. The van der Waals surface area contributed by atoms with E-state index < -0.39 is 0 Å². The minimum Gasteiger partial charge on any atom is -0.301 e. The third kappa shape index (κ3) is 1.57. The van der Waals surface area contributed by atoms with E-state index in [4.69, 9.17) is 0 Å². The van der Waals surface area contributed by atoms with Crippen molar-refractivity contribution in [1.82, 2.24) is 5.32 Å². The second-order valence-electron chi connectivity index (χ2n) is 4.11. The predicted octanol–water partition coefficient (Wildman–Crippen LogP) is 2.90.